The Hall–Kier alpha value is -1.16. The van der Waals surface area contributed by atoms with Crippen LogP contribution in [0.5, 0.6) is 0 Å². The third-order valence-corrected chi connectivity index (χ3v) is 3.14. The number of hydrogen-bond acceptors (Lipinski definition) is 2. The molecular formula is C12H13BrN2O. The molecule has 1 aliphatic carbocycles. The van der Waals surface area contributed by atoms with Crippen LogP contribution in [0.1, 0.15) is 30.1 Å². The monoisotopic (exact) mass is 280 g/mol. The molecule has 1 saturated carbocycles. The largest absolute Gasteiger partial charge is 0.271 e. The second-order valence-electron chi connectivity index (χ2n) is 3.98. The molecule has 0 saturated heterocycles. The highest BCUT2D eigenvalue weighted by atomic mass is 79.9. The van der Waals surface area contributed by atoms with Crippen molar-refractivity contribution in [1.29, 1.82) is 0 Å². The maximum absolute atomic E-state index is 11.7. The van der Waals surface area contributed by atoms with E-state index in [0.717, 1.165) is 10.2 Å². The van der Waals surface area contributed by atoms with Crippen LogP contribution in [0.15, 0.2) is 33.8 Å². The zero-order valence-corrected chi connectivity index (χ0v) is 10.6. The van der Waals surface area contributed by atoms with Gasteiger partial charge in [0.1, 0.15) is 0 Å². The fourth-order valence-corrected chi connectivity index (χ4v) is 1.66. The van der Waals surface area contributed by atoms with Gasteiger partial charge in [0.2, 0.25) is 0 Å². The van der Waals surface area contributed by atoms with Gasteiger partial charge >= 0.3 is 0 Å². The summed E-state index contributed by atoms with van der Waals surface area (Å²) in [5, 5.41) is 4.09. The van der Waals surface area contributed by atoms with Gasteiger partial charge in [0, 0.05) is 15.7 Å². The first kappa shape index (κ1) is 11.3. The SMILES string of the molecule is C/C(=N/NC(=O)c1ccc(Br)cc1)C1CC1. The summed E-state index contributed by atoms with van der Waals surface area (Å²) < 4.78 is 0.960. The molecule has 0 aliphatic heterocycles. The summed E-state index contributed by atoms with van der Waals surface area (Å²) in [4.78, 5) is 11.7. The van der Waals surface area contributed by atoms with Gasteiger partial charge in [0.05, 0.1) is 0 Å². The van der Waals surface area contributed by atoms with Gasteiger partial charge in [-0.1, -0.05) is 15.9 Å². The molecule has 1 N–H and O–H groups in total. The summed E-state index contributed by atoms with van der Waals surface area (Å²) >= 11 is 3.32. The van der Waals surface area contributed by atoms with Gasteiger partial charge in [-0.3, -0.25) is 4.79 Å². The second-order valence-corrected chi connectivity index (χ2v) is 4.89. The molecule has 4 heteroatoms. The Labute approximate surface area is 103 Å². The normalized spacial score (nSPS) is 16.0. The fourth-order valence-electron chi connectivity index (χ4n) is 1.40. The maximum atomic E-state index is 11.7. The van der Waals surface area contributed by atoms with Gasteiger partial charge in [-0.15, -0.1) is 0 Å². The number of carbonyl (C=O) groups excluding carboxylic acids is 1. The number of rotatable bonds is 3. The molecule has 2 rings (SSSR count). The van der Waals surface area contributed by atoms with Gasteiger partial charge in [-0.25, -0.2) is 5.43 Å². The van der Waals surface area contributed by atoms with Crippen molar-refractivity contribution < 1.29 is 4.79 Å². The summed E-state index contributed by atoms with van der Waals surface area (Å²) in [6, 6.07) is 7.21. The van der Waals surface area contributed by atoms with Crippen LogP contribution >= 0.6 is 15.9 Å². The highest BCUT2D eigenvalue weighted by molar-refractivity contribution is 9.10. The molecule has 84 valence electrons. The van der Waals surface area contributed by atoms with Gasteiger partial charge in [-0.05, 0) is 49.9 Å². The highest BCUT2D eigenvalue weighted by Gasteiger charge is 2.24. The van der Waals surface area contributed by atoms with Crippen LogP contribution < -0.4 is 5.43 Å². The average molecular weight is 281 g/mol. The smallest absolute Gasteiger partial charge is 0.267 e. The minimum absolute atomic E-state index is 0.160. The summed E-state index contributed by atoms with van der Waals surface area (Å²) in [5.41, 5.74) is 4.21. The van der Waals surface area contributed by atoms with Crippen LogP contribution in [0.2, 0.25) is 0 Å². The van der Waals surface area contributed by atoms with E-state index < -0.39 is 0 Å². The number of benzene rings is 1. The number of nitrogens with zero attached hydrogens (tertiary/aromatic N) is 1. The molecule has 0 unspecified atom stereocenters. The first-order valence-corrected chi connectivity index (χ1v) is 6.06. The average Bonchev–Trinajstić information content (AvgIpc) is 3.10. The Kier molecular flexibility index (Phi) is 3.39. The summed E-state index contributed by atoms with van der Waals surface area (Å²) in [5.74, 6) is 0.428. The molecule has 3 nitrogen and oxygen atoms in total. The van der Waals surface area contributed by atoms with E-state index in [9.17, 15) is 4.79 Å². The Morgan fingerprint density at radius 3 is 2.56 bits per heavy atom. The molecule has 0 atom stereocenters. The molecule has 1 amide bonds. The molecule has 16 heavy (non-hydrogen) atoms. The number of amides is 1. The molecule has 0 bridgehead atoms. The quantitative estimate of drug-likeness (QED) is 0.671. The van der Waals surface area contributed by atoms with Gasteiger partial charge in [-0.2, -0.15) is 5.10 Å². The first-order chi connectivity index (χ1) is 7.66. The number of nitrogens with one attached hydrogen (secondary N) is 1. The predicted octanol–water partition coefficient (Wildman–Crippen LogP) is 2.96. The summed E-state index contributed by atoms with van der Waals surface area (Å²) in [7, 11) is 0. The van der Waals surface area contributed by atoms with Crippen molar-refractivity contribution >= 4 is 27.5 Å². The standard InChI is InChI=1S/C12H13BrN2O/c1-8(9-2-3-9)14-15-12(16)10-4-6-11(13)7-5-10/h4-7,9H,2-3H2,1H3,(H,15,16)/b14-8-. The van der Waals surface area contributed by atoms with E-state index in [-0.39, 0.29) is 5.91 Å². The Balaban J connectivity index is 1.97. The summed E-state index contributed by atoms with van der Waals surface area (Å²) in [6.07, 6.45) is 2.40. The zero-order valence-electron chi connectivity index (χ0n) is 9.03. The Morgan fingerprint density at radius 1 is 1.38 bits per heavy atom. The minimum Gasteiger partial charge on any atom is -0.267 e. The van der Waals surface area contributed by atoms with Crippen molar-refractivity contribution in [3.8, 4) is 0 Å². The lowest BCUT2D eigenvalue weighted by Gasteiger charge is -2.01. The van der Waals surface area contributed by atoms with E-state index >= 15 is 0 Å². The van der Waals surface area contributed by atoms with Gasteiger partial charge < -0.3 is 0 Å². The lowest BCUT2D eigenvalue weighted by atomic mass is 10.2. The predicted molar refractivity (Wildman–Crippen MR) is 67.4 cm³/mol. The maximum Gasteiger partial charge on any atom is 0.271 e. The number of hydrazone groups is 1. The van der Waals surface area contributed by atoms with Crippen molar-refractivity contribution in [3.63, 3.8) is 0 Å². The molecule has 0 aromatic heterocycles. The van der Waals surface area contributed by atoms with Crippen molar-refractivity contribution in [2.24, 2.45) is 11.0 Å². The Bertz CT molecular complexity index is 421. The minimum atomic E-state index is -0.160. The number of hydrogen-bond donors (Lipinski definition) is 1. The van der Waals surface area contributed by atoms with Crippen LogP contribution in [-0.2, 0) is 0 Å². The molecule has 0 radical (unpaired) electrons. The molecule has 1 aliphatic rings. The lowest BCUT2D eigenvalue weighted by Crippen LogP contribution is -2.19. The van der Waals surface area contributed by atoms with E-state index in [0.29, 0.717) is 11.5 Å². The Morgan fingerprint density at radius 2 is 2.00 bits per heavy atom. The van der Waals surface area contributed by atoms with Crippen LogP contribution in [-0.4, -0.2) is 11.6 Å². The van der Waals surface area contributed by atoms with Crippen LogP contribution in [0.3, 0.4) is 0 Å². The van der Waals surface area contributed by atoms with Crippen LogP contribution in [0.4, 0.5) is 0 Å². The molecule has 0 spiro atoms. The van der Waals surface area contributed by atoms with Crippen molar-refractivity contribution in [1.82, 2.24) is 5.43 Å². The third kappa shape index (κ3) is 2.92. The van der Waals surface area contributed by atoms with Crippen molar-refractivity contribution in [3.05, 3.63) is 34.3 Å². The number of halogens is 1. The fraction of sp³-hybridized carbons (Fsp3) is 0.333. The second kappa shape index (κ2) is 4.78. The highest BCUT2D eigenvalue weighted by Crippen LogP contribution is 2.30. The van der Waals surface area contributed by atoms with E-state index in [1.807, 2.05) is 19.1 Å². The molecule has 0 heterocycles. The molecule has 1 fully saturated rings. The van der Waals surface area contributed by atoms with E-state index in [1.54, 1.807) is 12.1 Å². The molecular weight excluding hydrogens is 268 g/mol. The molecule has 1 aromatic rings. The van der Waals surface area contributed by atoms with Gasteiger partial charge in [0.15, 0.2) is 0 Å². The molecule has 1 aromatic carbocycles. The summed E-state index contributed by atoms with van der Waals surface area (Å²) in [6.45, 7) is 1.96. The van der Waals surface area contributed by atoms with Crippen LogP contribution in [0, 0.1) is 5.92 Å². The topological polar surface area (TPSA) is 41.5 Å². The van der Waals surface area contributed by atoms with Crippen molar-refractivity contribution in [2.75, 3.05) is 0 Å². The van der Waals surface area contributed by atoms with Gasteiger partial charge in [0.25, 0.3) is 5.91 Å². The van der Waals surface area contributed by atoms with Crippen molar-refractivity contribution in [2.45, 2.75) is 19.8 Å². The number of carbonyl (C=O) groups is 1. The van der Waals surface area contributed by atoms with E-state index in [1.165, 1.54) is 12.8 Å². The van der Waals surface area contributed by atoms with E-state index in [2.05, 4.69) is 26.5 Å². The zero-order chi connectivity index (χ0) is 11.5. The van der Waals surface area contributed by atoms with E-state index in [4.69, 9.17) is 0 Å². The van der Waals surface area contributed by atoms with Crippen LogP contribution in [0.25, 0.3) is 0 Å². The first-order valence-electron chi connectivity index (χ1n) is 5.27. The third-order valence-electron chi connectivity index (χ3n) is 2.61. The lowest BCUT2D eigenvalue weighted by molar-refractivity contribution is 0.0954.